The number of aromatic amines is 2. The lowest BCUT2D eigenvalue weighted by molar-refractivity contribution is -0.367. The fraction of sp³-hybridized carbons (Fsp3) is 0.500. The standard InChI is InChI=1S/C34H45N9O5S2/c1-39-9-15-43(16-10-39)50(44,45)26-6-4-25(5-7-26)37-34(49)42-13-11-41(12-14-42)33-31-27-22-29(46-2)30(23-28(27)38-32(31)35-24-36-33)48-19-3-8-40-17-20-47-21-18-40/h4-7,22-24H,3,8-21H2,1-2H3,(H,37,49)(H,35,36,38)/p+1. The Balaban J connectivity index is 0.978. The minimum absolute atomic E-state index is 0.296. The highest BCUT2D eigenvalue weighted by Gasteiger charge is 2.29. The molecule has 3 fully saturated rings. The van der Waals surface area contributed by atoms with Crippen molar-refractivity contribution in [2.75, 3.05) is 116 Å². The number of rotatable bonds is 10. The molecule has 3 aliphatic rings. The minimum Gasteiger partial charge on any atom is -0.493 e. The Morgan fingerprint density at radius 3 is 2.46 bits per heavy atom. The number of nitrogens with one attached hydrogen (secondary N) is 3. The first-order valence-electron chi connectivity index (χ1n) is 17.2. The molecule has 3 aliphatic heterocycles. The average Bonchev–Trinajstić information content (AvgIpc) is 3.51. The van der Waals surface area contributed by atoms with E-state index in [2.05, 4.69) is 39.9 Å². The normalized spacial score (nSPS) is 18.5. The van der Waals surface area contributed by atoms with Crippen LogP contribution in [0.15, 0.2) is 47.6 Å². The summed E-state index contributed by atoms with van der Waals surface area (Å²) in [5, 5.41) is 5.92. The smallest absolute Gasteiger partial charge is 0.243 e. The van der Waals surface area contributed by atoms with Crippen LogP contribution in [-0.2, 0) is 14.8 Å². The van der Waals surface area contributed by atoms with Crippen molar-refractivity contribution >= 4 is 60.8 Å². The van der Waals surface area contributed by atoms with Gasteiger partial charge in [-0.3, -0.25) is 9.80 Å². The third-order valence-corrected chi connectivity index (χ3v) is 12.0. The summed E-state index contributed by atoms with van der Waals surface area (Å²) in [6, 6.07) is 10.9. The molecule has 0 unspecified atom stereocenters. The first kappa shape index (κ1) is 34.6. The van der Waals surface area contributed by atoms with Crippen molar-refractivity contribution in [1.82, 2.24) is 29.0 Å². The molecule has 50 heavy (non-hydrogen) atoms. The Morgan fingerprint density at radius 1 is 1.00 bits per heavy atom. The SMILES string of the molecule is COc1cc2c(cc1OCCCN1CCOCC1)[nH]c1nc[nH+]c(N3CCN(C(=S)Nc4ccc(S(=O)(=O)N5CCN(C)CC5)cc4)CC3)c12. The summed E-state index contributed by atoms with van der Waals surface area (Å²) in [6.07, 6.45) is 2.65. The number of morpholine rings is 1. The van der Waals surface area contributed by atoms with E-state index in [1.165, 1.54) is 0 Å². The predicted octanol–water partition coefficient (Wildman–Crippen LogP) is 2.10. The monoisotopic (exact) mass is 724 g/mol. The summed E-state index contributed by atoms with van der Waals surface area (Å²) < 4.78 is 45.2. The van der Waals surface area contributed by atoms with Gasteiger partial charge in [-0.2, -0.15) is 4.31 Å². The quantitative estimate of drug-likeness (QED) is 0.183. The van der Waals surface area contributed by atoms with Crippen LogP contribution < -0.4 is 24.7 Å². The molecule has 0 radical (unpaired) electrons. The Labute approximate surface area is 298 Å². The highest BCUT2D eigenvalue weighted by atomic mass is 32.2. The molecule has 0 saturated carbocycles. The maximum atomic E-state index is 13.1. The maximum absolute atomic E-state index is 13.1. The third kappa shape index (κ3) is 7.45. The van der Waals surface area contributed by atoms with E-state index >= 15 is 0 Å². The van der Waals surface area contributed by atoms with Gasteiger partial charge < -0.3 is 34.3 Å². The zero-order valence-electron chi connectivity index (χ0n) is 28.7. The van der Waals surface area contributed by atoms with Crippen LogP contribution in [-0.4, -0.2) is 148 Å². The van der Waals surface area contributed by atoms with Crippen LogP contribution >= 0.6 is 12.2 Å². The van der Waals surface area contributed by atoms with Crippen LogP contribution in [0.25, 0.3) is 21.9 Å². The predicted molar refractivity (Wildman–Crippen MR) is 197 cm³/mol. The minimum atomic E-state index is -3.52. The molecule has 7 rings (SSSR count). The van der Waals surface area contributed by atoms with Gasteiger partial charge in [0.2, 0.25) is 27.8 Å². The van der Waals surface area contributed by atoms with Crippen LogP contribution in [0, 0.1) is 0 Å². The van der Waals surface area contributed by atoms with Gasteiger partial charge in [-0.1, -0.05) is 4.98 Å². The molecular formula is C34H46N9O5S2+. The highest BCUT2D eigenvalue weighted by molar-refractivity contribution is 7.89. The van der Waals surface area contributed by atoms with Gasteiger partial charge in [0.1, 0.15) is 5.39 Å². The molecule has 0 atom stereocenters. The zero-order valence-corrected chi connectivity index (χ0v) is 30.3. The van der Waals surface area contributed by atoms with Gasteiger partial charge in [-0.15, -0.1) is 0 Å². The van der Waals surface area contributed by atoms with E-state index in [9.17, 15) is 8.42 Å². The summed E-state index contributed by atoms with van der Waals surface area (Å²) in [4.78, 5) is 20.8. The van der Waals surface area contributed by atoms with Crippen molar-refractivity contribution in [3.05, 3.63) is 42.7 Å². The molecule has 0 aliphatic carbocycles. The van der Waals surface area contributed by atoms with Gasteiger partial charge in [0.05, 0.1) is 63.5 Å². The number of nitrogens with zero attached hydrogens (tertiary/aromatic N) is 6. The maximum Gasteiger partial charge on any atom is 0.243 e. The van der Waals surface area contributed by atoms with Gasteiger partial charge in [0.15, 0.2) is 16.6 Å². The number of H-pyrrole nitrogens is 2. The van der Waals surface area contributed by atoms with E-state index in [1.54, 1.807) is 42.0 Å². The Kier molecular flexibility index (Phi) is 10.5. The Morgan fingerprint density at radius 2 is 1.74 bits per heavy atom. The van der Waals surface area contributed by atoms with E-state index in [0.717, 1.165) is 98.9 Å². The van der Waals surface area contributed by atoms with Crippen molar-refractivity contribution in [1.29, 1.82) is 0 Å². The van der Waals surface area contributed by atoms with Gasteiger partial charge in [-0.05, 0) is 56.0 Å². The van der Waals surface area contributed by atoms with Gasteiger partial charge in [0, 0.05) is 63.0 Å². The molecule has 16 heteroatoms. The zero-order chi connectivity index (χ0) is 34.7. The van der Waals surface area contributed by atoms with Crippen LogP contribution in [0.1, 0.15) is 6.42 Å². The lowest BCUT2D eigenvalue weighted by Gasteiger charge is -2.34. The largest absolute Gasteiger partial charge is 0.493 e. The van der Waals surface area contributed by atoms with Crippen LogP contribution in [0.3, 0.4) is 0 Å². The number of anilines is 2. The Bertz CT molecular complexity index is 1900. The fourth-order valence-corrected chi connectivity index (χ4v) is 8.52. The molecule has 268 valence electrons. The number of hydrogen-bond acceptors (Lipinski definition) is 10. The second kappa shape index (κ2) is 15.2. The van der Waals surface area contributed by atoms with Crippen molar-refractivity contribution in [2.45, 2.75) is 11.3 Å². The number of methoxy groups -OCH3 is 1. The fourth-order valence-electron chi connectivity index (χ4n) is 6.79. The van der Waals surface area contributed by atoms with Gasteiger partial charge >= 0.3 is 0 Å². The van der Waals surface area contributed by atoms with Crippen molar-refractivity contribution in [3.8, 4) is 11.5 Å². The summed E-state index contributed by atoms with van der Waals surface area (Å²) in [5.41, 5.74) is 2.48. The highest BCUT2D eigenvalue weighted by Crippen LogP contribution is 2.38. The van der Waals surface area contributed by atoms with Crippen molar-refractivity contribution in [3.63, 3.8) is 0 Å². The summed E-state index contributed by atoms with van der Waals surface area (Å²) in [7, 11) is 0.154. The van der Waals surface area contributed by atoms with E-state index in [-0.39, 0.29) is 0 Å². The number of piperazine rings is 2. The number of ether oxygens (including phenoxy) is 3. The van der Waals surface area contributed by atoms with E-state index < -0.39 is 10.0 Å². The molecule has 0 amide bonds. The second-order valence-electron chi connectivity index (χ2n) is 12.9. The lowest BCUT2D eigenvalue weighted by Crippen LogP contribution is -2.51. The molecule has 3 saturated heterocycles. The van der Waals surface area contributed by atoms with Crippen molar-refractivity contribution in [2.24, 2.45) is 0 Å². The van der Waals surface area contributed by atoms with E-state index in [1.807, 2.05) is 19.2 Å². The van der Waals surface area contributed by atoms with Gasteiger partial charge in [-0.25, -0.2) is 13.4 Å². The number of fused-ring (bicyclic) bond motifs is 3. The van der Waals surface area contributed by atoms with Gasteiger partial charge in [0.25, 0.3) is 0 Å². The first-order valence-corrected chi connectivity index (χ1v) is 19.1. The van der Waals surface area contributed by atoms with Crippen molar-refractivity contribution < 1.29 is 27.6 Å². The summed E-state index contributed by atoms with van der Waals surface area (Å²) in [5.74, 6) is 2.38. The molecule has 0 bridgehead atoms. The molecule has 0 spiro atoms. The number of hydrogen-bond donors (Lipinski definition) is 2. The molecule has 5 heterocycles. The summed E-state index contributed by atoms with van der Waals surface area (Å²) in [6.45, 7) is 10.5. The average molecular weight is 725 g/mol. The number of likely N-dealkylation sites (N-methyl/N-ethyl adjacent to an activating group) is 1. The van der Waals surface area contributed by atoms with E-state index in [4.69, 9.17) is 26.4 Å². The first-order chi connectivity index (χ1) is 24.3. The van der Waals surface area contributed by atoms with Crippen LogP contribution in [0.4, 0.5) is 11.5 Å². The molecule has 14 nitrogen and oxygen atoms in total. The third-order valence-electron chi connectivity index (χ3n) is 9.76. The molecule has 3 N–H and O–H groups in total. The number of aromatic nitrogens is 3. The number of sulfonamides is 1. The van der Waals surface area contributed by atoms with Crippen LogP contribution in [0.5, 0.6) is 11.5 Å². The molecule has 2 aromatic carbocycles. The topological polar surface area (TPSA) is 133 Å². The number of thiocarbonyl (C=S) groups is 1. The molecular weight excluding hydrogens is 679 g/mol. The number of benzene rings is 2. The van der Waals surface area contributed by atoms with E-state index in [0.29, 0.717) is 54.3 Å². The molecule has 2 aromatic heterocycles. The summed E-state index contributed by atoms with van der Waals surface area (Å²) >= 11 is 5.78. The Hall–Kier alpha value is -3.80. The molecule has 4 aromatic rings. The second-order valence-corrected chi connectivity index (χ2v) is 15.3. The lowest BCUT2D eigenvalue weighted by atomic mass is 10.1. The van der Waals surface area contributed by atoms with Crippen LogP contribution in [0.2, 0.25) is 0 Å².